The first-order valence-electron chi connectivity index (χ1n) is 11.7. The Morgan fingerprint density at radius 2 is 1.83 bits per heavy atom. The molecule has 2 aliphatic rings. The van der Waals surface area contributed by atoms with Crippen molar-refractivity contribution in [3.05, 3.63) is 54.1 Å². The topological polar surface area (TPSA) is 83.8 Å². The zero-order valence-corrected chi connectivity index (χ0v) is 19.1. The van der Waals surface area contributed by atoms with E-state index >= 15 is 0 Å². The molecule has 0 amide bonds. The van der Waals surface area contributed by atoms with Crippen LogP contribution in [0.25, 0.3) is 22.3 Å². The maximum absolute atomic E-state index is 14.9. The van der Waals surface area contributed by atoms with Crippen molar-refractivity contribution in [1.82, 2.24) is 29.8 Å². The molecular formula is C24H22F4N8. The molecule has 0 aliphatic carbocycles. The number of nitrogens with one attached hydrogen (secondary N) is 2. The molecule has 2 aliphatic heterocycles. The Balaban J connectivity index is 1.31. The fourth-order valence-electron chi connectivity index (χ4n) is 4.84. The average Bonchev–Trinajstić information content (AvgIpc) is 3.47. The number of piperazine rings is 1. The molecule has 0 radical (unpaired) electrons. The second-order valence-electron chi connectivity index (χ2n) is 8.82. The van der Waals surface area contributed by atoms with E-state index in [-0.39, 0.29) is 34.7 Å². The molecule has 2 N–H and O–H groups in total. The molecule has 3 aromatic heterocycles. The molecule has 1 fully saturated rings. The number of benzene rings is 1. The van der Waals surface area contributed by atoms with E-state index in [1.54, 1.807) is 12.3 Å². The highest BCUT2D eigenvalue weighted by Crippen LogP contribution is 2.37. The van der Waals surface area contributed by atoms with Gasteiger partial charge in [0.1, 0.15) is 22.9 Å². The third kappa shape index (κ3) is 4.00. The summed E-state index contributed by atoms with van der Waals surface area (Å²) in [6.45, 7) is 3.59. The van der Waals surface area contributed by atoms with E-state index in [0.29, 0.717) is 18.1 Å². The normalized spacial score (nSPS) is 17.7. The fraction of sp³-hybridized carbons (Fsp3) is 0.333. The average molecular weight is 498 g/mol. The lowest BCUT2D eigenvalue weighted by molar-refractivity contribution is 0.0883. The van der Waals surface area contributed by atoms with Gasteiger partial charge in [0.25, 0.3) is 6.43 Å². The van der Waals surface area contributed by atoms with Gasteiger partial charge >= 0.3 is 0 Å². The molecule has 4 aromatic rings. The molecule has 12 heteroatoms. The Kier molecular flexibility index (Phi) is 5.67. The van der Waals surface area contributed by atoms with Gasteiger partial charge in [0.2, 0.25) is 5.95 Å². The molecule has 186 valence electrons. The van der Waals surface area contributed by atoms with Crippen LogP contribution in [0.15, 0.2) is 36.7 Å². The van der Waals surface area contributed by atoms with Gasteiger partial charge in [-0.25, -0.2) is 37.5 Å². The highest BCUT2D eigenvalue weighted by molar-refractivity contribution is 5.83. The summed E-state index contributed by atoms with van der Waals surface area (Å²) < 4.78 is 58.1. The Hall–Kier alpha value is -3.80. The van der Waals surface area contributed by atoms with Crippen molar-refractivity contribution >= 4 is 28.5 Å². The smallest absolute Gasteiger partial charge is 0.259 e. The van der Waals surface area contributed by atoms with Crippen LogP contribution in [-0.2, 0) is 6.42 Å². The Bertz CT molecular complexity index is 1420. The van der Waals surface area contributed by atoms with E-state index in [4.69, 9.17) is 0 Å². The minimum Gasteiger partial charge on any atom is -0.368 e. The summed E-state index contributed by atoms with van der Waals surface area (Å²) in [4.78, 5) is 19.0. The number of nitrogens with zero attached hydrogens (tertiary/aromatic N) is 6. The monoisotopic (exact) mass is 498 g/mol. The van der Waals surface area contributed by atoms with Crippen molar-refractivity contribution in [2.24, 2.45) is 0 Å². The van der Waals surface area contributed by atoms with Crippen LogP contribution in [0, 0.1) is 11.6 Å². The van der Waals surface area contributed by atoms with Gasteiger partial charge in [-0.1, -0.05) is 0 Å². The standard InChI is InChI=1S/C24H22F4N8/c25-15-9-13(10-18-22(15)33-20-4-2-17(23(27)28)36(18)20)21-16(26)12-31-24(34-21)32-19-3-1-14(11-30-19)35-7-5-29-6-8-35/h1,3,9-12,17,23,29H,2,4-8H2,(H,30,31,32,34). The van der Waals surface area contributed by atoms with E-state index in [1.165, 1.54) is 10.6 Å². The quantitative estimate of drug-likeness (QED) is 0.402. The van der Waals surface area contributed by atoms with Gasteiger partial charge in [-0.3, -0.25) is 0 Å². The zero-order chi connectivity index (χ0) is 24.8. The maximum atomic E-state index is 14.9. The number of fused-ring (bicyclic) bond motifs is 3. The third-order valence-electron chi connectivity index (χ3n) is 6.60. The second kappa shape index (κ2) is 9.01. The Labute approximate surface area is 203 Å². The minimum atomic E-state index is -2.62. The van der Waals surface area contributed by atoms with Crippen molar-refractivity contribution in [3.8, 4) is 11.3 Å². The lowest BCUT2D eigenvalue weighted by Gasteiger charge is -2.29. The number of hydrogen-bond acceptors (Lipinski definition) is 7. The van der Waals surface area contributed by atoms with Gasteiger partial charge in [0.05, 0.1) is 29.6 Å². The van der Waals surface area contributed by atoms with E-state index in [2.05, 4.69) is 35.5 Å². The summed E-state index contributed by atoms with van der Waals surface area (Å²) in [6, 6.07) is 5.16. The van der Waals surface area contributed by atoms with Crippen LogP contribution in [0.1, 0.15) is 18.3 Å². The van der Waals surface area contributed by atoms with E-state index in [0.717, 1.165) is 44.1 Å². The van der Waals surface area contributed by atoms with E-state index in [1.807, 2.05) is 6.07 Å². The predicted molar refractivity (Wildman–Crippen MR) is 127 cm³/mol. The highest BCUT2D eigenvalue weighted by atomic mass is 19.3. The minimum absolute atomic E-state index is 0.0133. The molecule has 0 spiro atoms. The lowest BCUT2D eigenvalue weighted by atomic mass is 10.1. The molecule has 1 atom stereocenters. The summed E-state index contributed by atoms with van der Waals surface area (Å²) in [7, 11) is 0. The number of alkyl halides is 2. The highest BCUT2D eigenvalue weighted by Gasteiger charge is 2.33. The van der Waals surface area contributed by atoms with Gasteiger partial charge in [0.15, 0.2) is 11.6 Å². The van der Waals surface area contributed by atoms with Gasteiger partial charge < -0.3 is 20.1 Å². The number of pyridine rings is 1. The van der Waals surface area contributed by atoms with Crippen molar-refractivity contribution < 1.29 is 17.6 Å². The number of aromatic nitrogens is 5. The third-order valence-corrected chi connectivity index (χ3v) is 6.60. The molecule has 8 nitrogen and oxygen atoms in total. The van der Waals surface area contributed by atoms with E-state index < -0.39 is 24.1 Å². The maximum Gasteiger partial charge on any atom is 0.259 e. The van der Waals surface area contributed by atoms with Gasteiger partial charge in [0, 0.05) is 38.2 Å². The zero-order valence-electron chi connectivity index (χ0n) is 19.1. The summed E-state index contributed by atoms with van der Waals surface area (Å²) in [5, 5.41) is 6.24. The van der Waals surface area contributed by atoms with Crippen LogP contribution >= 0.6 is 0 Å². The number of anilines is 3. The second-order valence-corrected chi connectivity index (χ2v) is 8.82. The largest absolute Gasteiger partial charge is 0.368 e. The molecule has 6 rings (SSSR count). The predicted octanol–water partition coefficient (Wildman–Crippen LogP) is 4.07. The molecule has 5 heterocycles. The van der Waals surface area contributed by atoms with Gasteiger partial charge in [-0.05, 0) is 30.7 Å². The number of imidazole rings is 1. The number of halogens is 4. The fourth-order valence-corrected chi connectivity index (χ4v) is 4.84. The number of rotatable bonds is 5. The summed E-state index contributed by atoms with van der Waals surface area (Å²) in [5.74, 6) is -0.574. The van der Waals surface area contributed by atoms with Crippen LogP contribution in [0.3, 0.4) is 0 Å². The summed E-state index contributed by atoms with van der Waals surface area (Å²) in [5.41, 5.74) is 1.11. The summed E-state index contributed by atoms with van der Waals surface area (Å²) in [6.07, 6.45) is 0.644. The van der Waals surface area contributed by atoms with Crippen molar-refractivity contribution in [2.45, 2.75) is 25.3 Å². The van der Waals surface area contributed by atoms with E-state index in [9.17, 15) is 17.6 Å². The molecule has 36 heavy (non-hydrogen) atoms. The van der Waals surface area contributed by atoms with Crippen molar-refractivity contribution in [1.29, 1.82) is 0 Å². The SMILES string of the molecule is Fc1cnc(Nc2ccc(N3CCNCC3)cn2)nc1-c1cc(F)c2nc3n(c2c1)C(C(F)F)CC3. The molecular weight excluding hydrogens is 476 g/mol. The first kappa shape index (κ1) is 22.7. The first-order valence-corrected chi connectivity index (χ1v) is 11.7. The number of hydrogen-bond donors (Lipinski definition) is 2. The molecule has 1 unspecified atom stereocenters. The number of aryl methyl sites for hydroxylation is 1. The summed E-state index contributed by atoms with van der Waals surface area (Å²) >= 11 is 0. The van der Waals surface area contributed by atoms with Gasteiger partial charge in [-0.15, -0.1) is 0 Å². The molecule has 1 aromatic carbocycles. The van der Waals surface area contributed by atoms with Crippen LogP contribution in [0.5, 0.6) is 0 Å². The lowest BCUT2D eigenvalue weighted by Crippen LogP contribution is -2.43. The van der Waals surface area contributed by atoms with Crippen LogP contribution in [0.4, 0.5) is 35.0 Å². The molecule has 0 bridgehead atoms. The van der Waals surface area contributed by atoms with Gasteiger partial charge in [-0.2, -0.15) is 0 Å². The van der Waals surface area contributed by atoms with Crippen LogP contribution in [-0.4, -0.2) is 57.1 Å². The van der Waals surface area contributed by atoms with Crippen LogP contribution < -0.4 is 15.5 Å². The van der Waals surface area contributed by atoms with Crippen molar-refractivity contribution in [2.75, 3.05) is 36.4 Å². The molecule has 0 saturated carbocycles. The Morgan fingerprint density at radius 3 is 2.58 bits per heavy atom. The van der Waals surface area contributed by atoms with Crippen molar-refractivity contribution in [3.63, 3.8) is 0 Å². The Morgan fingerprint density at radius 1 is 1.00 bits per heavy atom. The molecule has 1 saturated heterocycles. The first-order chi connectivity index (χ1) is 17.5. The van der Waals surface area contributed by atoms with Crippen LogP contribution in [0.2, 0.25) is 0 Å².